The number of carbonyl (C=O) groups excluding carboxylic acids is 1. The maximum Gasteiger partial charge on any atom is 0.308 e. The first-order chi connectivity index (χ1) is 12.3. The SMILES string of the molecule is CCCCCc1cc(OC(C)=O)c2c(c1)OC1C[C@H](C)CC=C1C2(C)C. The van der Waals surface area contributed by atoms with Crippen molar-refractivity contribution in [1.82, 2.24) is 0 Å². The van der Waals surface area contributed by atoms with Crippen LogP contribution in [0.15, 0.2) is 23.8 Å². The molecule has 0 fully saturated rings. The van der Waals surface area contributed by atoms with Crippen molar-refractivity contribution < 1.29 is 14.3 Å². The van der Waals surface area contributed by atoms with Crippen molar-refractivity contribution in [2.45, 2.75) is 84.7 Å². The molecule has 1 aromatic carbocycles. The van der Waals surface area contributed by atoms with Gasteiger partial charge in [-0.05, 0) is 54.9 Å². The van der Waals surface area contributed by atoms with Crippen molar-refractivity contribution in [2.24, 2.45) is 5.92 Å². The number of benzene rings is 1. The van der Waals surface area contributed by atoms with Crippen LogP contribution < -0.4 is 9.47 Å². The number of aryl methyl sites for hydroxylation is 1. The smallest absolute Gasteiger partial charge is 0.308 e. The van der Waals surface area contributed by atoms with Crippen LogP contribution in [0.3, 0.4) is 0 Å². The Labute approximate surface area is 157 Å². The summed E-state index contributed by atoms with van der Waals surface area (Å²) in [5.41, 5.74) is 3.35. The fraction of sp³-hybridized carbons (Fsp3) is 0.609. The van der Waals surface area contributed by atoms with Crippen molar-refractivity contribution >= 4 is 5.97 Å². The number of esters is 1. The predicted molar refractivity (Wildman–Crippen MR) is 105 cm³/mol. The molecule has 1 aliphatic carbocycles. The van der Waals surface area contributed by atoms with Gasteiger partial charge in [0.2, 0.25) is 0 Å². The van der Waals surface area contributed by atoms with Crippen LogP contribution in [-0.4, -0.2) is 12.1 Å². The second kappa shape index (κ2) is 7.46. The van der Waals surface area contributed by atoms with Gasteiger partial charge in [0.25, 0.3) is 0 Å². The number of carbonyl (C=O) groups is 1. The van der Waals surface area contributed by atoms with Gasteiger partial charge in [-0.15, -0.1) is 0 Å². The molecule has 3 rings (SSSR count). The Morgan fingerprint density at radius 1 is 1.31 bits per heavy atom. The molecule has 0 saturated heterocycles. The van der Waals surface area contributed by atoms with Crippen LogP contribution >= 0.6 is 0 Å². The lowest BCUT2D eigenvalue weighted by Crippen LogP contribution is -2.40. The number of rotatable bonds is 5. The Morgan fingerprint density at radius 2 is 2.08 bits per heavy atom. The maximum atomic E-state index is 11.7. The lowest BCUT2D eigenvalue weighted by Gasteiger charge is -2.44. The van der Waals surface area contributed by atoms with Gasteiger partial charge in [-0.25, -0.2) is 0 Å². The third kappa shape index (κ3) is 3.67. The number of unbranched alkanes of at least 4 members (excludes halogenated alkanes) is 2. The molecule has 0 aromatic heterocycles. The average molecular weight is 357 g/mol. The molecule has 0 bridgehead atoms. The number of ether oxygens (including phenoxy) is 2. The van der Waals surface area contributed by atoms with Gasteiger partial charge in [0.15, 0.2) is 0 Å². The van der Waals surface area contributed by atoms with Crippen LogP contribution in [0.2, 0.25) is 0 Å². The molecule has 0 spiro atoms. The summed E-state index contributed by atoms with van der Waals surface area (Å²) in [5.74, 6) is 1.94. The molecule has 1 aliphatic heterocycles. The summed E-state index contributed by atoms with van der Waals surface area (Å²) < 4.78 is 12.1. The third-order valence-electron chi connectivity index (χ3n) is 5.77. The fourth-order valence-electron chi connectivity index (χ4n) is 4.43. The number of allylic oxidation sites excluding steroid dienone is 1. The molecule has 1 aromatic rings. The van der Waals surface area contributed by atoms with Crippen molar-refractivity contribution in [3.63, 3.8) is 0 Å². The lowest BCUT2D eigenvalue weighted by atomic mass is 9.68. The molecule has 3 heteroatoms. The van der Waals surface area contributed by atoms with Crippen molar-refractivity contribution in [3.05, 3.63) is 34.9 Å². The molecule has 3 nitrogen and oxygen atoms in total. The van der Waals surface area contributed by atoms with Gasteiger partial charge < -0.3 is 9.47 Å². The zero-order valence-corrected chi connectivity index (χ0v) is 16.9. The van der Waals surface area contributed by atoms with Crippen LogP contribution in [-0.2, 0) is 16.6 Å². The molecule has 1 heterocycles. The summed E-state index contributed by atoms with van der Waals surface area (Å²) in [6.07, 6.45) is 9.15. The minimum Gasteiger partial charge on any atom is -0.486 e. The predicted octanol–water partition coefficient (Wildman–Crippen LogP) is 5.74. The fourth-order valence-corrected chi connectivity index (χ4v) is 4.43. The summed E-state index contributed by atoms with van der Waals surface area (Å²) in [4.78, 5) is 11.7. The highest BCUT2D eigenvalue weighted by Crippen LogP contribution is 2.51. The molecule has 2 aliphatic rings. The number of fused-ring (bicyclic) bond motifs is 2. The summed E-state index contributed by atoms with van der Waals surface area (Å²) in [5, 5.41) is 0. The molecule has 2 atom stereocenters. The molecule has 0 saturated carbocycles. The van der Waals surface area contributed by atoms with Crippen molar-refractivity contribution in [3.8, 4) is 11.5 Å². The number of hydrogen-bond donors (Lipinski definition) is 0. The molecule has 142 valence electrons. The van der Waals surface area contributed by atoms with Crippen LogP contribution in [0, 0.1) is 5.92 Å². The Balaban J connectivity index is 2.05. The van der Waals surface area contributed by atoms with Gasteiger partial charge in [0.1, 0.15) is 17.6 Å². The molecular formula is C23H32O3. The molecule has 26 heavy (non-hydrogen) atoms. The van der Waals surface area contributed by atoms with E-state index in [0.29, 0.717) is 11.7 Å². The van der Waals surface area contributed by atoms with E-state index in [9.17, 15) is 4.79 Å². The standard InChI is InChI=1S/C23H32O3/c1-6-7-8-9-17-13-20(25-16(3)24)22-21(14-17)26-19-12-15(2)10-11-18(19)23(22,4)5/h11,13-15,19H,6-10,12H2,1-5H3/t15-,19?/m1/s1. The second-order valence-corrected chi connectivity index (χ2v) is 8.49. The Morgan fingerprint density at radius 3 is 2.77 bits per heavy atom. The highest BCUT2D eigenvalue weighted by atomic mass is 16.5. The summed E-state index contributed by atoms with van der Waals surface area (Å²) >= 11 is 0. The van der Waals surface area contributed by atoms with Gasteiger partial charge in [0.05, 0.1) is 0 Å². The first-order valence-corrected chi connectivity index (χ1v) is 10.1. The Hall–Kier alpha value is -1.77. The minimum atomic E-state index is -0.276. The molecule has 0 amide bonds. The van der Waals surface area contributed by atoms with E-state index < -0.39 is 0 Å². The largest absolute Gasteiger partial charge is 0.486 e. The van der Waals surface area contributed by atoms with E-state index in [0.717, 1.165) is 37.0 Å². The van der Waals surface area contributed by atoms with E-state index in [1.54, 1.807) is 0 Å². The minimum absolute atomic E-state index is 0.136. The maximum absolute atomic E-state index is 11.7. The summed E-state index contributed by atoms with van der Waals surface area (Å²) in [6.45, 7) is 10.4. The zero-order chi connectivity index (χ0) is 18.9. The molecule has 1 unspecified atom stereocenters. The molecule has 0 N–H and O–H groups in total. The van der Waals surface area contributed by atoms with E-state index in [-0.39, 0.29) is 17.5 Å². The summed E-state index contributed by atoms with van der Waals surface area (Å²) in [6, 6.07) is 4.23. The van der Waals surface area contributed by atoms with Crippen LogP contribution in [0.1, 0.15) is 77.8 Å². The lowest BCUT2D eigenvalue weighted by molar-refractivity contribution is -0.131. The van der Waals surface area contributed by atoms with Crippen LogP contribution in [0.4, 0.5) is 0 Å². The zero-order valence-electron chi connectivity index (χ0n) is 16.9. The van der Waals surface area contributed by atoms with Crippen LogP contribution in [0.5, 0.6) is 11.5 Å². The quantitative estimate of drug-likeness (QED) is 0.292. The Kier molecular flexibility index (Phi) is 5.45. The van der Waals surface area contributed by atoms with E-state index >= 15 is 0 Å². The second-order valence-electron chi connectivity index (χ2n) is 8.49. The first-order valence-electron chi connectivity index (χ1n) is 10.1. The van der Waals surface area contributed by atoms with E-state index in [1.807, 2.05) is 6.07 Å². The highest BCUT2D eigenvalue weighted by molar-refractivity contribution is 5.71. The van der Waals surface area contributed by atoms with E-state index in [2.05, 4.69) is 39.8 Å². The van der Waals surface area contributed by atoms with Gasteiger partial charge in [-0.1, -0.05) is 46.6 Å². The van der Waals surface area contributed by atoms with E-state index in [1.165, 1.54) is 30.9 Å². The Bertz CT molecular complexity index is 714. The van der Waals surface area contributed by atoms with Crippen molar-refractivity contribution in [2.75, 3.05) is 0 Å². The third-order valence-corrected chi connectivity index (χ3v) is 5.77. The monoisotopic (exact) mass is 356 g/mol. The van der Waals surface area contributed by atoms with Crippen molar-refractivity contribution in [1.29, 1.82) is 0 Å². The van der Waals surface area contributed by atoms with Gasteiger partial charge in [0, 0.05) is 17.9 Å². The van der Waals surface area contributed by atoms with Crippen LogP contribution in [0.25, 0.3) is 0 Å². The average Bonchev–Trinajstić information content (AvgIpc) is 2.53. The summed E-state index contributed by atoms with van der Waals surface area (Å²) in [7, 11) is 0. The van der Waals surface area contributed by atoms with Gasteiger partial charge in [-0.2, -0.15) is 0 Å². The first kappa shape index (κ1) is 19.0. The molecule has 0 radical (unpaired) electrons. The number of hydrogen-bond acceptors (Lipinski definition) is 3. The van der Waals surface area contributed by atoms with Gasteiger partial charge >= 0.3 is 5.97 Å². The molecular weight excluding hydrogens is 324 g/mol. The highest BCUT2D eigenvalue weighted by Gasteiger charge is 2.43. The normalized spacial score (nSPS) is 23.3. The van der Waals surface area contributed by atoms with Gasteiger partial charge in [-0.3, -0.25) is 4.79 Å². The van der Waals surface area contributed by atoms with E-state index in [4.69, 9.17) is 9.47 Å². The topological polar surface area (TPSA) is 35.5 Å².